The predicted octanol–water partition coefficient (Wildman–Crippen LogP) is 2.30. The minimum Gasteiger partial charge on any atom is -0.461 e. The SMILES string of the molecule is CCCc1c(C(=O)OCC)n[nH]c1Br. The van der Waals surface area contributed by atoms with E-state index in [1.807, 2.05) is 6.92 Å². The number of nitrogens with zero attached hydrogens (tertiary/aromatic N) is 1. The maximum atomic E-state index is 11.4. The molecule has 0 fully saturated rings. The smallest absolute Gasteiger partial charge is 0.359 e. The number of halogens is 1. The number of aromatic amines is 1. The molecule has 0 aliphatic rings. The van der Waals surface area contributed by atoms with Crippen LogP contribution in [0.3, 0.4) is 0 Å². The standard InChI is InChI=1S/C9H13BrN2O2/c1-3-5-6-7(9(13)14-4-2)11-12-8(6)10/h3-5H2,1-2H3,(H,11,12). The number of H-pyrrole nitrogens is 1. The van der Waals surface area contributed by atoms with Crippen LogP contribution in [0.15, 0.2) is 4.60 Å². The van der Waals surface area contributed by atoms with Crippen LogP contribution in [0.1, 0.15) is 36.3 Å². The van der Waals surface area contributed by atoms with Gasteiger partial charge in [0.25, 0.3) is 0 Å². The summed E-state index contributed by atoms with van der Waals surface area (Å²) in [6.07, 6.45) is 1.77. The van der Waals surface area contributed by atoms with E-state index in [9.17, 15) is 4.79 Å². The lowest BCUT2D eigenvalue weighted by Crippen LogP contribution is -2.07. The molecule has 14 heavy (non-hydrogen) atoms. The lowest BCUT2D eigenvalue weighted by Gasteiger charge is -2.00. The molecule has 4 nitrogen and oxygen atoms in total. The van der Waals surface area contributed by atoms with E-state index in [2.05, 4.69) is 26.1 Å². The van der Waals surface area contributed by atoms with E-state index in [0.29, 0.717) is 12.3 Å². The van der Waals surface area contributed by atoms with Gasteiger partial charge in [0.1, 0.15) is 4.60 Å². The maximum absolute atomic E-state index is 11.4. The first kappa shape index (κ1) is 11.2. The lowest BCUT2D eigenvalue weighted by molar-refractivity contribution is 0.0518. The van der Waals surface area contributed by atoms with Crippen LogP contribution in [-0.2, 0) is 11.2 Å². The van der Waals surface area contributed by atoms with Crippen molar-refractivity contribution < 1.29 is 9.53 Å². The highest BCUT2D eigenvalue weighted by molar-refractivity contribution is 9.10. The number of ether oxygens (including phenoxy) is 1. The van der Waals surface area contributed by atoms with Crippen LogP contribution in [0.5, 0.6) is 0 Å². The first-order valence-electron chi connectivity index (χ1n) is 4.60. The molecule has 0 aromatic carbocycles. The normalized spacial score (nSPS) is 10.2. The van der Waals surface area contributed by atoms with E-state index in [0.717, 1.165) is 23.0 Å². The van der Waals surface area contributed by atoms with Crippen LogP contribution in [-0.4, -0.2) is 22.8 Å². The predicted molar refractivity (Wildman–Crippen MR) is 56.2 cm³/mol. The fourth-order valence-corrected chi connectivity index (χ4v) is 1.67. The Morgan fingerprint density at radius 2 is 2.29 bits per heavy atom. The molecular formula is C9H13BrN2O2. The molecule has 0 aliphatic carbocycles. The number of carbonyl (C=O) groups excluding carboxylic acids is 1. The van der Waals surface area contributed by atoms with Crippen LogP contribution in [0.4, 0.5) is 0 Å². The van der Waals surface area contributed by atoms with E-state index in [-0.39, 0.29) is 5.97 Å². The van der Waals surface area contributed by atoms with Crippen molar-refractivity contribution in [2.75, 3.05) is 6.61 Å². The summed E-state index contributed by atoms with van der Waals surface area (Å²) in [4.78, 5) is 11.4. The number of hydrogen-bond acceptors (Lipinski definition) is 3. The maximum Gasteiger partial charge on any atom is 0.359 e. The Hall–Kier alpha value is -0.840. The first-order chi connectivity index (χ1) is 6.70. The average molecular weight is 261 g/mol. The number of nitrogens with one attached hydrogen (secondary N) is 1. The van der Waals surface area contributed by atoms with Gasteiger partial charge in [0.15, 0.2) is 5.69 Å². The number of esters is 1. The quantitative estimate of drug-likeness (QED) is 0.846. The highest BCUT2D eigenvalue weighted by atomic mass is 79.9. The lowest BCUT2D eigenvalue weighted by atomic mass is 10.1. The number of aromatic nitrogens is 2. The van der Waals surface area contributed by atoms with Gasteiger partial charge >= 0.3 is 5.97 Å². The van der Waals surface area contributed by atoms with Gasteiger partial charge in [-0.2, -0.15) is 5.10 Å². The highest BCUT2D eigenvalue weighted by Crippen LogP contribution is 2.19. The second-order valence-corrected chi connectivity index (χ2v) is 3.63. The van der Waals surface area contributed by atoms with Gasteiger partial charge in [-0.25, -0.2) is 4.79 Å². The molecule has 0 amide bonds. The minimum absolute atomic E-state index is 0.363. The van der Waals surface area contributed by atoms with Crippen molar-refractivity contribution >= 4 is 21.9 Å². The third-order valence-corrected chi connectivity index (χ3v) is 2.44. The highest BCUT2D eigenvalue weighted by Gasteiger charge is 2.18. The van der Waals surface area contributed by atoms with E-state index >= 15 is 0 Å². The van der Waals surface area contributed by atoms with Gasteiger partial charge in [-0.1, -0.05) is 13.3 Å². The van der Waals surface area contributed by atoms with Crippen molar-refractivity contribution in [2.24, 2.45) is 0 Å². The summed E-state index contributed by atoms with van der Waals surface area (Å²) in [7, 11) is 0. The van der Waals surface area contributed by atoms with E-state index < -0.39 is 0 Å². The van der Waals surface area contributed by atoms with Crippen molar-refractivity contribution in [3.8, 4) is 0 Å². The molecule has 0 atom stereocenters. The summed E-state index contributed by atoms with van der Waals surface area (Å²) in [5.41, 5.74) is 1.28. The molecule has 0 saturated carbocycles. The third kappa shape index (κ3) is 2.35. The zero-order chi connectivity index (χ0) is 10.6. The fraction of sp³-hybridized carbons (Fsp3) is 0.556. The molecule has 0 radical (unpaired) electrons. The topological polar surface area (TPSA) is 55.0 Å². The van der Waals surface area contributed by atoms with Gasteiger partial charge < -0.3 is 4.74 Å². The minimum atomic E-state index is -0.363. The van der Waals surface area contributed by atoms with Gasteiger partial charge in [0, 0.05) is 5.56 Å². The number of rotatable bonds is 4. The molecule has 0 unspecified atom stereocenters. The molecule has 5 heteroatoms. The molecule has 0 aliphatic heterocycles. The summed E-state index contributed by atoms with van der Waals surface area (Å²) in [6, 6.07) is 0. The van der Waals surface area contributed by atoms with Crippen molar-refractivity contribution in [1.82, 2.24) is 10.2 Å². The van der Waals surface area contributed by atoms with Gasteiger partial charge in [0.2, 0.25) is 0 Å². The van der Waals surface area contributed by atoms with E-state index in [1.165, 1.54) is 0 Å². The van der Waals surface area contributed by atoms with E-state index in [1.54, 1.807) is 6.92 Å². The number of hydrogen-bond donors (Lipinski definition) is 1. The summed E-state index contributed by atoms with van der Waals surface area (Å²) in [5.74, 6) is -0.363. The molecule has 1 aromatic rings. The molecule has 1 aromatic heterocycles. The zero-order valence-electron chi connectivity index (χ0n) is 8.26. The monoisotopic (exact) mass is 260 g/mol. The second-order valence-electron chi connectivity index (χ2n) is 2.84. The fourth-order valence-electron chi connectivity index (χ4n) is 1.19. The molecular weight excluding hydrogens is 248 g/mol. The Balaban J connectivity index is 2.90. The Morgan fingerprint density at radius 1 is 1.57 bits per heavy atom. The van der Waals surface area contributed by atoms with Crippen LogP contribution in [0.2, 0.25) is 0 Å². The van der Waals surface area contributed by atoms with Crippen LogP contribution in [0.25, 0.3) is 0 Å². The first-order valence-corrected chi connectivity index (χ1v) is 5.39. The summed E-state index contributed by atoms with van der Waals surface area (Å²) >= 11 is 3.31. The van der Waals surface area contributed by atoms with Crippen molar-refractivity contribution in [1.29, 1.82) is 0 Å². The van der Waals surface area contributed by atoms with E-state index in [4.69, 9.17) is 4.74 Å². The van der Waals surface area contributed by atoms with Crippen molar-refractivity contribution in [3.63, 3.8) is 0 Å². The van der Waals surface area contributed by atoms with Crippen molar-refractivity contribution in [3.05, 3.63) is 15.9 Å². The Morgan fingerprint density at radius 3 is 2.86 bits per heavy atom. The summed E-state index contributed by atoms with van der Waals surface area (Å²) in [6.45, 7) is 4.20. The summed E-state index contributed by atoms with van der Waals surface area (Å²) < 4.78 is 5.65. The Labute approximate surface area is 91.2 Å². The number of carbonyl (C=O) groups is 1. The zero-order valence-corrected chi connectivity index (χ0v) is 9.85. The molecule has 1 heterocycles. The van der Waals surface area contributed by atoms with Crippen LogP contribution in [0, 0.1) is 0 Å². The molecule has 78 valence electrons. The molecule has 1 rings (SSSR count). The van der Waals surface area contributed by atoms with Gasteiger partial charge in [-0.15, -0.1) is 0 Å². The van der Waals surface area contributed by atoms with Crippen LogP contribution < -0.4 is 0 Å². The second kappa shape index (κ2) is 5.14. The summed E-state index contributed by atoms with van der Waals surface area (Å²) in [5, 5.41) is 6.63. The molecule has 0 bridgehead atoms. The largest absolute Gasteiger partial charge is 0.461 e. The van der Waals surface area contributed by atoms with Crippen molar-refractivity contribution in [2.45, 2.75) is 26.7 Å². The molecule has 0 saturated heterocycles. The third-order valence-electron chi connectivity index (χ3n) is 1.79. The Bertz CT molecular complexity index is 323. The van der Waals surface area contributed by atoms with Gasteiger partial charge in [0.05, 0.1) is 6.61 Å². The molecule has 1 N–H and O–H groups in total. The molecule has 0 spiro atoms. The van der Waals surface area contributed by atoms with Gasteiger partial charge in [-0.3, -0.25) is 5.10 Å². The Kier molecular flexibility index (Phi) is 4.13. The van der Waals surface area contributed by atoms with Gasteiger partial charge in [-0.05, 0) is 29.3 Å². The van der Waals surface area contributed by atoms with Crippen LogP contribution >= 0.6 is 15.9 Å². The average Bonchev–Trinajstić information content (AvgIpc) is 2.50.